The average Bonchev–Trinajstić information content (AvgIpc) is 2.50. The lowest BCUT2D eigenvalue weighted by Gasteiger charge is -2.29. The van der Waals surface area contributed by atoms with Gasteiger partial charge >= 0.3 is 0 Å². The van der Waals surface area contributed by atoms with Gasteiger partial charge in [0, 0.05) is 18.1 Å². The third-order valence-corrected chi connectivity index (χ3v) is 4.20. The number of hydrogen-bond acceptors (Lipinski definition) is 3. The van der Waals surface area contributed by atoms with Crippen LogP contribution in [0.4, 0.5) is 4.39 Å². The van der Waals surface area contributed by atoms with Crippen molar-refractivity contribution in [2.45, 2.75) is 32.8 Å². The number of carbonyl (C=O) groups is 1. The molecule has 0 aliphatic rings. The van der Waals surface area contributed by atoms with Crippen LogP contribution in [0, 0.1) is 11.7 Å². The van der Waals surface area contributed by atoms with Gasteiger partial charge in [-0.15, -0.1) is 0 Å². The van der Waals surface area contributed by atoms with Crippen molar-refractivity contribution in [2.75, 3.05) is 6.54 Å². The number of nitrogens with zero attached hydrogens (tertiary/aromatic N) is 1. The lowest BCUT2D eigenvalue weighted by molar-refractivity contribution is 0.00594. The van der Waals surface area contributed by atoms with Gasteiger partial charge in [0.2, 0.25) is 0 Å². The van der Waals surface area contributed by atoms with Crippen LogP contribution in [-0.4, -0.2) is 28.1 Å². The van der Waals surface area contributed by atoms with Crippen molar-refractivity contribution in [1.29, 1.82) is 0 Å². The molecule has 1 heterocycles. The molecule has 0 saturated heterocycles. The Balaban J connectivity index is 2.24. The number of rotatable bonds is 5. The van der Waals surface area contributed by atoms with Crippen molar-refractivity contribution in [1.82, 2.24) is 10.3 Å². The Kier molecular flexibility index (Phi) is 4.76. The van der Waals surface area contributed by atoms with E-state index in [9.17, 15) is 14.3 Å². The van der Waals surface area contributed by atoms with Gasteiger partial charge in [-0.3, -0.25) is 9.78 Å². The number of fused-ring (bicyclic) bond motifs is 1. The van der Waals surface area contributed by atoms with E-state index in [4.69, 9.17) is 0 Å². The molecule has 1 amide bonds. The molecule has 5 heteroatoms. The van der Waals surface area contributed by atoms with Gasteiger partial charge in [-0.05, 0) is 31.0 Å². The lowest BCUT2D eigenvalue weighted by atomic mass is 9.88. The summed E-state index contributed by atoms with van der Waals surface area (Å²) in [5.74, 6) is -0.888. The molecule has 0 aliphatic heterocycles. The minimum Gasteiger partial charge on any atom is -0.388 e. The highest BCUT2D eigenvalue weighted by atomic mass is 19.1. The summed E-state index contributed by atoms with van der Waals surface area (Å²) in [6.07, 6.45) is 2.36. The van der Waals surface area contributed by atoms with E-state index in [1.165, 1.54) is 12.1 Å². The zero-order valence-electron chi connectivity index (χ0n) is 13.1. The smallest absolute Gasteiger partial charge is 0.253 e. The Morgan fingerprint density at radius 3 is 2.91 bits per heavy atom. The third kappa shape index (κ3) is 3.42. The molecule has 1 aromatic carbocycles. The summed E-state index contributed by atoms with van der Waals surface area (Å²) < 4.78 is 13.7. The van der Waals surface area contributed by atoms with E-state index >= 15 is 0 Å². The molecule has 0 bridgehead atoms. The standard InChI is InChI=1S/C17H21FN2O2/c1-4-11(2)17(3,22)10-20-16(21)14-9-13(18)8-12-6-5-7-19-15(12)14/h5-9,11,22H,4,10H2,1-3H3,(H,20,21). The van der Waals surface area contributed by atoms with E-state index in [2.05, 4.69) is 10.3 Å². The fourth-order valence-corrected chi connectivity index (χ4v) is 2.30. The molecule has 2 N–H and O–H groups in total. The highest BCUT2D eigenvalue weighted by molar-refractivity contribution is 6.05. The zero-order valence-corrected chi connectivity index (χ0v) is 13.1. The summed E-state index contributed by atoms with van der Waals surface area (Å²) in [5, 5.41) is 13.6. The zero-order chi connectivity index (χ0) is 16.3. The molecule has 22 heavy (non-hydrogen) atoms. The molecule has 0 fully saturated rings. The van der Waals surface area contributed by atoms with Crippen molar-refractivity contribution in [3.8, 4) is 0 Å². The maximum absolute atomic E-state index is 13.7. The normalized spacial score (nSPS) is 15.3. The molecule has 0 aliphatic carbocycles. The first-order chi connectivity index (χ1) is 10.3. The molecule has 0 saturated carbocycles. The van der Waals surface area contributed by atoms with Gasteiger partial charge in [-0.25, -0.2) is 4.39 Å². The van der Waals surface area contributed by atoms with Gasteiger partial charge in [-0.1, -0.05) is 26.3 Å². The lowest BCUT2D eigenvalue weighted by Crippen LogP contribution is -2.45. The van der Waals surface area contributed by atoms with Crippen LogP contribution < -0.4 is 5.32 Å². The van der Waals surface area contributed by atoms with Crippen molar-refractivity contribution in [2.24, 2.45) is 5.92 Å². The van der Waals surface area contributed by atoms with Crippen molar-refractivity contribution in [3.63, 3.8) is 0 Å². The van der Waals surface area contributed by atoms with E-state index in [1.807, 2.05) is 13.8 Å². The van der Waals surface area contributed by atoms with Crippen LogP contribution in [0.2, 0.25) is 0 Å². The summed E-state index contributed by atoms with van der Waals surface area (Å²) in [6.45, 7) is 5.69. The predicted octanol–water partition coefficient (Wildman–Crippen LogP) is 2.90. The molecule has 0 radical (unpaired) electrons. The fraction of sp³-hybridized carbons (Fsp3) is 0.412. The molecule has 2 aromatic rings. The minimum absolute atomic E-state index is 0.0372. The van der Waals surface area contributed by atoms with Crippen molar-refractivity contribution in [3.05, 3.63) is 41.8 Å². The van der Waals surface area contributed by atoms with Gasteiger partial charge in [0.15, 0.2) is 0 Å². The Labute approximate surface area is 129 Å². The highest BCUT2D eigenvalue weighted by Gasteiger charge is 2.28. The number of aromatic nitrogens is 1. The van der Waals surface area contributed by atoms with Crippen LogP contribution in [-0.2, 0) is 0 Å². The Morgan fingerprint density at radius 1 is 1.50 bits per heavy atom. The van der Waals surface area contributed by atoms with Crippen LogP contribution in [0.25, 0.3) is 10.9 Å². The second-order valence-electron chi connectivity index (χ2n) is 5.88. The Hall–Kier alpha value is -2.01. The summed E-state index contributed by atoms with van der Waals surface area (Å²) in [7, 11) is 0. The molecule has 2 unspecified atom stereocenters. The number of carbonyl (C=O) groups excluding carboxylic acids is 1. The van der Waals surface area contributed by atoms with Gasteiger partial charge in [0.25, 0.3) is 5.91 Å². The topological polar surface area (TPSA) is 62.2 Å². The van der Waals surface area contributed by atoms with E-state index in [1.54, 1.807) is 25.3 Å². The quantitative estimate of drug-likeness (QED) is 0.893. The Morgan fingerprint density at radius 2 is 2.23 bits per heavy atom. The highest BCUT2D eigenvalue weighted by Crippen LogP contribution is 2.21. The molecule has 0 spiro atoms. The first kappa shape index (κ1) is 16.4. The number of benzene rings is 1. The molecule has 2 rings (SSSR count). The summed E-state index contributed by atoms with van der Waals surface area (Å²) in [4.78, 5) is 16.5. The van der Waals surface area contributed by atoms with Crippen molar-refractivity contribution >= 4 is 16.8 Å². The first-order valence-electron chi connectivity index (χ1n) is 7.40. The van der Waals surface area contributed by atoms with Crippen LogP contribution in [0.15, 0.2) is 30.5 Å². The molecule has 4 nitrogen and oxygen atoms in total. The van der Waals surface area contributed by atoms with Crippen molar-refractivity contribution < 1.29 is 14.3 Å². The van der Waals surface area contributed by atoms with Gasteiger partial charge in [-0.2, -0.15) is 0 Å². The molecular weight excluding hydrogens is 283 g/mol. The summed E-state index contributed by atoms with van der Waals surface area (Å²) in [5.41, 5.74) is -0.388. The molecular formula is C17H21FN2O2. The average molecular weight is 304 g/mol. The van der Waals surface area contributed by atoms with Gasteiger partial charge in [0.1, 0.15) is 5.82 Å². The van der Waals surface area contributed by atoms with Crippen LogP contribution in [0.3, 0.4) is 0 Å². The molecule has 2 atom stereocenters. The van der Waals surface area contributed by atoms with E-state index in [0.717, 1.165) is 6.42 Å². The maximum atomic E-state index is 13.7. The van der Waals surface area contributed by atoms with Gasteiger partial charge < -0.3 is 10.4 Å². The number of amides is 1. The Bertz CT molecular complexity index is 685. The molecule has 1 aromatic heterocycles. The largest absolute Gasteiger partial charge is 0.388 e. The number of hydrogen-bond donors (Lipinski definition) is 2. The maximum Gasteiger partial charge on any atom is 0.253 e. The van der Waals surface area contributed by atoms with E-state index < -0.39 is 17.3 Å². The minimum atomic E-state index is -1.01. The molecule has 118 valence electrons. The third-order valence-electron chi connectivity index (χ3n) is 4.20. The fourth-order valence-electron chi connectivity index (χ4n) is 2.30. The first-order valence-corrected chi connectivity index (χ1v) is 7.40. The summed E-state index contributed by atoms with van der Waals surface area (Å²) >= 11 is 0. The van der Waals surface area contributed by atoms with E-state index in [-0.39, 0.29) is 18.0 Å². The monoisotopic (exact) mass is 304 g/mol. The number of halogens is 1. The van der Waals surface area contributed by atoms with Crippen LogP contribution in [0.5, 0.6) is 0 Å². The van der Waals surface area contributed by atoms with Crippen LogP contribution >= 0.6 is 0 Å². The van der Waals surface area contributed by atoms with Gasteiger partial charge in [0.05, 0.1) is 16.7 Å². The summed E-state index contributed by atoms with van der Waals surface area (Å²) in [6, 6.07) is 5.91. The second-order valence-corrected chi connectivity index (χ2v) is 5.88. The number of pyridine rings is 1. The SMILES string of the molecule is CCC(C)C(C)(O)CNC(=O)c1cc(F)cc2cccnc12. The predicted molar refractivity (Wildman–Crippen MR) is 84.1 cm³/mol. The number of aliphatic hydroxyl groups is 1. The van der Waals surface area contributed by atoms with E-state index in [0.29, 0.717) is 10.9 Å². The van der Waals surface area contributed by atoms with Crippen LogP contribution in [0.1, 0.15) is 37.6 Å². The number of nitrogens with one attached hydrogen (secondary N) is 1. The second kappa shape index (κ2) is 6.40.